The molecule has 0 saturated carbocycles. The maximum atomic E-state index is 15.0. The monoisotopic (exact) mass is 598 g/mol. The number of rotatable bonds is 6. The molecule has 0 amide bonds. The molecule has 5 aliphatic rings. The van der Waals surface area contributed by atoms with E-state index < -0.39 is 0 Å². The maximum Gasteiger partial charge on any atom is 0.279 e. The van der Waals surface area contributed by atoms with E-state index in [9.17, 15) is 14.3 Å². The van der Waals surface area contributed by atoms with E-state index in [-0.39, 0.29) is 28.6 Å². The highest BCUT2D eigenvalue weighted by molar-refractivity contribution is 5.95. The minimum atomic E-state index is -0.346. The molecule has 2 aromatic heterocycles. The van der Waals surface area contributed by atoms with Crippen LogP contribution in [0.4, 0.5) is 4.39 Å². The molecule has 5 fully saturated rings. The lowest BCUT2D eigenvalue weighted by atomic mass is 9.81. The first-order valence-electron chi connectivity index (χ1n) is 16.1. The Hall–Kier alpha value is -3.60. The highest BCUT2D eigenvalue weighted by Gasteiger charge is 2.45. The molecule has 0 aliphatic carbocycles. The largest absolute Gasteiger partial charge is 0.508 e. The molecule has 44 heavy (non-hydrogen) atoms. The zero-order valence-electron chi connectivity index (χ0n) is 25.1. The standard InChI is InChI=1S/C34H39FN6O3/c1-2-24-28(35)6-5-20-11-23(42)13-29(31(20)24)41-33(43)26-14-30(44-19-34-7-3-9-40(34)10-4-8-34)39-32(27(26)18-38-41)25-12-22-17-36-15-21(25)16-37-22/h5-6,11,13-14,18,21-22,25,36-37,42H,2-4,7-10,12,15-17,19H2,1H3. The first kappa shape index (κ1) is 27.9. The van der Waals surface area contributed by atoms with Crippen molar-refractivity contribution in [1.29, 1.82) is 0 Å². The molecule has 230 valence electrons. The number of aryl methyl sites for hydroxylation is 1. The third-order valence-corrected chi connectivity index (χ3v) is 10.7. The first-order chi connectivity index (χ1) is 21.4. The molecule has 7 heterocycles. The summed E-state index contributed by atoms with van der Waals surface area (Å²) in [6.07, 6.45) is 7.67. The number of nitrogens with one attached hydrogen (secondary N) is 2. The second-order valence-electron chi connectivity index (χ2n) is 13.2. The van der Waals surface area contributed by atoms with Crippen LogP contribution >= 0.6 is 0 Å². The van der Waals surface area contributed by atoms with Crippen LogP contribution in [0, 0.1) is 11.7 Å². The zero-order chi connectivity index (χ0) is 30.0. The fourth-order valence-corrected chi connectivity index (χ4v) is 8.52. The minimum absolute atomic E-state index is 0.0131. The van der Waals surface area contributed by atoms with Gasteiger partial charge in [-0.15, -0.1) is 0 Å². The van der Waals surface area contributed by atoms with E-state index in [0.717, 1.165) is 63.1 Å². The average molecular weight is 599 g/mol. The van der Waals surface area contributed by atoms with Crippen molar-refractivity contribution >= 4 is 21.5 Å². The van der Waals surface area contributed by atoms with E-state index in [1.165, 1.54) is 29.7 Å². The molecular weight excluding hydrogens is 559 g/mol. The molecule has 2 aromatic carbocycles. The molecule has 2 bridgehead atoms. The van der Waals surface area contributed by atoms with Gasteiger partial charge in [0.2, 0.25) is 5.88 Å². The van der Waals surface area contributed by atoms with Crippen molar-refractivity contribution < 1.29 is 14.2 Å². The summed E-state index contributed by atoms with van der Waals surface area (Å²) >= 11 is 0. The fourth-order valence-electron chi connectivity index (χ4n) is 8.52. The molecule has 3 unspecified atom stereocenters. The number of hydrogen-bond acceptors (Lipinski definition) is 8. The number of nitrogens with zero attached hydrogens (tertiary/aromatic N) is 4. The van der Waals surface area contributed by atoms with Crippen LogP contribution in [0.2, 0.25) is 0 Å². The quantitative estimate of drug-likeness (QED) is 0.306. The molecule has 5 aliphatic heterocycles. The van der Waals surface area contributed by atoms with Gasteiger partial charge in [-0.2, -0.15) is 9.78 Å². The minimum Gasteiger partial charge on any atom is -0.508 e. The average Bonchev–Trinajstić information content (AvgIpc) is 3.45. The Morgan fingerprint density at radius 2 is 1.95 bits per heavy atom. The Kier molecular flexibility index (Phi) is 6.84. The van der Waals surface area contributed by atoms with Crippen LogP contribution in [0.25, 0.3) is 27.2 Å². The van der Waals surface area contributed by atoms with Crippen LogP contribution in [0.15, 0.2) is 41.3 Å². The number of piperidine rings is 1. The summed E-state index contributed by atoms with van der Waals surface area (Å²) < 4.78 is 22.8. The molecule has 10 heteroatoms. The molecule has 5 saturated heterocycles. The summed E-state index contributed by atoms with van der Waals surface area (Å²) in [5, 5.41) is 24.9. The summed E-state index contributed by atoms with van der Waals surface area (Å²) in [7, 11) is 0. The second-order valence-corrected chi connectivity index (χ2v) is 13.2. The molecule has 3 N–H and O–H groups in total. The lowest BCUT2D eigenvalue weighted by molar-refractivity contribution is 0.110. The molecule has 0 spiro atoms. The van der Waals surface area contributed by atoms with Crippen LogP contribution in [0.3, 0.4) is 0 Å². The Morgan fingerprint density at radius 3 is 2.77 bits per heavy atom. The van der Waals surface area contributed by atoms with Gasteiger partial charge in [0.1, 0.15) is 18.2 Å². The fraction of sp³-hybridized carbons (Fsp3) is 0.500. The van der Waals surface area contributed by atoms with Gasteiger partial charge in [-0.1, -0.05) is 13.0 Å². The lowest BCUT2D eigenvalue weighted by Gasteiger charge is -2.34. The highest BCUT2D eigenvalue weighted by Crippen LogP contribution is 2.41. The number of hydrogen-bond donors (Lipinski definition) is 3. The van der Waals surface area contributed by atoms with Gasteiger partial charge in [-0.05, 0) is 87.2 Å². The Morgan fingerprint density at radius 1 is 1.11 bits per heavy atom. The van der Waals surface area contributed by atoms with Gasteiger partial charge < -0.3 is 20.5 Å². The number of benzene rings is 2. The van der Waals surface area contributed by atoms with Crippen LogP contribution in [0.5, 0.6) is 11.6 Å². The Bertz CT molecular complexity index is 1810. The zero-order valence-corrected chi connectivity index (χ0v) is 25.1. The predicted molar refractivity (Wildman–Crippen MR) is 167 cm³/mol. The van der Waals surface area contributed by atoms with Gasteiger partial charge in [0.25, 0.3) is 5.56 Å². The number of phenols is 1. The van der Waals surface area contributed by atoms with Crippen LogP contribution in [0.1, 0.15) is 56.2 Å². The summed E-state index contributed by atoms with van der Waals surface area (Å²) in [4.78, 5) is 22.1. The lowest BCUT2D eigenvalue weighted by Crippen LogP contribution is -2.43. The van der Waals surface area contributed by atoms with E-state index in [2.05, 4.69) is 20.6 Å². The van der Waals surface area contributed by atoms with Crippen LogP contribution < -0.4 is 20.9 Å². The molecule has 0 radical (unpaired) electrons. The number of phenolic OH excluding ortho intramolecular Hbond substituents is 1. The number of pyridine rings is 1. The number of halogens is 1. The van der Waals surface area contributed by atoms with Gasteiger partial charge >= 0.3 is 0 Å². The number of fused-ring (bicyclic) bond motifs is 7. The maximum absolute atomic E-state index is 15.0. The normalized spacial score (nSPS) is 24.6. The van der Waals surface area contributed by atoms with Crippen molar-refractivity contribution in [3.05, 3.63) is 64.0 Å². The number of aromatic nitrogens is 3. The van der Waals surface area contributed by atoms with E-state index >= 15 is 0 Å². The molecule has 4 aromatic rings. The van der Waals surface area contributed by atoms with Crippen molar-refractivity contribution in [2.24, 2.45) is 5.92 Å². The number of aromatic hydroxyl groups is 1. The molecule has 9 nitrogen and oxygen atoms in total. The smallest absolute Gasteiger partial charge is 0.279 e. The predicted octanol–water partition coefficient (Wildman–Crippen LogP) is 4.01. The van der Waals surface area contributed by atoms with Crippen molar-refractivity contribution in [3.8, 4) is 17.3 Å². The van der Waals surface area contributed by atoms with Gasteiger partial charge in [-0.3, -0.25) is 9.69 Å². The third-order valence-electron chi connectivity index (χ3n) is 10.7. The van der Waals surface area contributed by atoms with Gasteiger partial charge in [0, 0.05) is 48.0 Å². The second kappa shape index (κ2) is 10.8. The van der Waals surface area contributed by atoms with E-state index in [0.29, 0.717) is 58.3 Å². The third kappa shape index (κ3) is 4.49. The van der Waals surface area contributed by atoms with Crippen LogP contribution in [-0.2, 0) is 6.42 Å². The summed E-state index contributed by atoms with van der Waals surface area (Å²) in [5.74, 6) is 0.583. The van der Waals surface area contributed by atoms with Crippen molar-refractivity contribution in [3.63, 3.8) is 0 Å². The van der Waals surface area contributed by atoms with Crippen molar-refractivity contribution in [2.75, 3.05) is 39.3 Å². The summed E-state index contributed by atoms with van der Waals surface area (Å²) in [5.41, 5.74) is 1.41. The highest BCUT2D eigenvalue weighted by atomic mass is 19.1. The summed E-state index contributed by atoms with van der Waals surface area (Å²) in [6.45, 7) is 7.34. The topological polar surface area (TPSA) is 105 Å². The van der Waals surface area contributed by atoms with Crippen molar-refractivity contribution in [2.45, 2.75) is 62.9 Å². The summed E-state index contributed by atoms with van der Waals surface area (Å²) in [6, 6.07) is 8.22. The van der Waals surface area contributed by atoms with Gasteiger partial charge in [-0.25, -0.2) is 9.37 Å². The van der Waals surface area contributed by atoms with E-state index in [4.69, 9.17) is 9.72 Å². The van der Waals surface area contributed by atoms with E-state index in [1.807, 2.05) is 6.92 Å². The first-order valence-corrected chi connectivity index (χ1v) is 16.1. The van der Waals surface area contributed by atoms with E-state index in [1.54, 1.807) is 24.4 Å². The molecule has 3 atom stereocenters. The Labute approximate surface area is 255 Å². The molecular formula is C34H39FN6O3. The SMILES string of the molecule is CCc1c(F)ccc2cc(O)cc(-n3ncc4c(C5CC6CNCC5CN6)nc(OCC56CCCN5CCC6)cc4c3=O)c12. The molecule has 9 rings (SSSR count). The van der Waals surface area contributed by atoms with Crippen molar-refractivity contribution in [1.82, 2.24) is 30.3 Å². The van der Waals surface area contributed by atoms with Gasteiger partial charge in [0.15, 0.2) is 0 Å². The van der Waals surface area contributed by atoms with Gasteiger partial charge in [0.05, 0.1) is 28.5 Å². The Balaban J connectivity index is 1.30. The van der Waals surface area contributed by atoms with Crippen LogP contribution in [-0.4, -0.2) is 75.7 Å². The number of ether oxygens (including phenoxy) is 1.